The van der Waals surface area contributed by atoms with Crippen molar-refractivity contribution in [3.8, 4) is 11.1 Å². The van der Waals surface area contributed by atoms with Crippen molar-refractivity contribution in [1.29, 1.82) is 0 Å². The maximum Gasteiger partial charge on any atom is 0.407 e. The molecule has 3 saturated heterocycles. The molecule has 3 aromatic rings. The highest BCUT2D eigenvalue weighted by molar-refractivity contribution is 6.22. The van der Waals surface area contributed by atoms with Crippen LogP contribution in [0, 0.1) is 6.57 Å². The predicted octanol–water partition coefficient (Wildman–Crippen LogP) is 5.36. The molecule has 3 aliphatic heterocycles. The first-order chi connectivity index (χ1) is 18.2. The lowest BCUT2D eigenvalue weighted by atomic mass is 10.0. The summed E-state index contributed by atoms with van der Waals surface area (Å²) < 4.78 is 40.5. The molecule has 0 radical (unpaired) electrons. The maximum atomic E-state index is 13.5. The highest BCUT2D eigenvalue weighted by atomic mass is 19.4. The fraction of sp³-hybridized carbons (Fsp3) is 0.214. The van der Waals surface area contributed by atoms with Gasteiger partial charge in [0.25, 0.3) is 11.8 Å². The summed E-state index contributed by atoms with van der Waals surface area (Å²) in [6, 6.07) is 16.9. The first-order valence-corrected chi connectivity index (χ1v) is 11.9. The van der Waals surface area contributed by atoms with Gasteiger partial charge in [0, 0.05) is 12.1 Å². The van der Waals surface area contributed by atoms with E-state index >= 15 is 0 Å². The zero-order valence-electron chi connectivity index (χ0n) is 19.7. The summed E-state index contributed by atoms with van der Waals surface area (Å²) in [6.45, 7) is 7.24. The van der Waals surface area contributed by atoms with Gasteiger partial charge in [0.05, 0.1) is 29.9 Å². The number of likely N-dealkylation sites (tertiary alicyclic amines) is 1. The van der Waals surface area contributed by atoms with E-state index in [0.29, 0.717) is 18.1 Å². The molecular formula is C28H19F3N4O3. The normalized spacial score (nSPS) is 22.2. The van der Waals surface area contributed by atoms with Gasteiger partial charge in [0.1, 0.15) is 6.04 Å². The monoisotopic (exact) mass is 516 g/mol. The molecule has 0 aromatic heterocycles. The lowest BCUT2D eigenvalue weighted by Gasteiger charge is -2.35. The second-order valence-electron chi connectivity index (χ2n) is 9.48. The number of fused-ring (bicyclic) bond motifs is 5. The summed E-state index contributed by atoms with van der Waals surface area (Å²) in [5, 5.41) is 0. The lowest BCUT2D eigenvalue weighted by molar-refractivity contribution is -0.136. The Balaban J connectivity index is 1.26. The molecule has 6 rings (SSSR count). The minimum atomic E-state index is -4.82. The first-order valence-electron chi connectivity index (χ1n) is 11.9. The van der Waals surface area contributed by atoms with Gasteiger partial charge >= 0.3 is 12.2 Å². The number of piperazine rings is 1. The molecule has 0 aliphatic carbocycles. The summed E-state index contributed by atoms with van der Waals surface area (Å²) in [7, 11) is 0. The largest absolute Gasteiger partial charge is 0.407 e. The van der Waals surface area contributed by atoms with Gasteiger partial charge in [-0.3, -0.25) is 9.59 Å². The number of anilines is 1. The van der Waals surface area contributed by atoms with Crippen LogP contribution in [0.2, 0.25) is 0 Å². The van der Waals surface area contributed by atoms with Crippen molar-refractivity contribution >= 4 is 29.2 Å². The second-order valence-corrected chi connectivity index (χ2v) is 9.48. The zero-order valence-corrected chi connectivity index (χ0v) is 19.7. The van der Waals surface area contributed by atoms with Crippen LogP contribution in [-0.2, 0) is 11.0 Å². The Morgan fingerprint density at radius 2 is 1.63 bits per heavy atom. The van der Waals surface area contributed by atoms with Crippen molar-refractivity contribution in [3.05, 3.63) is 95.3 Å². The Hall–Kier alpha value is -4.65. The van der Waals surface area contributed by atoms with E-state index in [0.717, 1.165) is 22.1 Å². The number of alkyl halides is 3. The third kappa shape index (κ3) is 3.54. The molecule has 3 heterocycles. The molecule has 10 heteroatoms. The SMILES string of the molecule is [C-]#[N+]c1ccc(N2C(=O)[C@H]3[C@H]4CC(CN4C(=O)c4ccc(-c5ccccc5)cc4)N3C2=O)cc1C(F)(F)F. The number of halogens is 3. The van der Waals surface area contributed by atoms with Crippen molar-refractivity contribution in [3.63, 3.8) is 0 Å². The van der Waals surface area contributed by atoms with Gasteiger partial charge in [0.2, 0.25) is 0 Å². The maximum absolute atomic E-state index is 13.5. The fourth-order valence-corrected chi connectivity index (χ4v) is 5.72. The van der Waals surface area contributed by atoms with Gasteiger partial charge in [-0.25, -0.2) is 14.5 Å². The number of rotatable bonds is 3. The zero-order chi connectivity index (χ0) is 26.8. The molecule has 3 fully saturated rings. The van der Waals surface area contributed by atoms with Crippen LogP contribution < -0.4 is 4.90 Å². The number of nitrogens with zero attached hydrogens (tertiary/aromatic N) is 4. The molecule has 4 amide bonds. The van der Waals surface area contributed by atoms with Gasteiger partial charge in [-0.05, 0) is 41.8 Å². The molecule has 1 unspecified atom stereocenters. The summed E-state index contributed by atoms with van der Waals surface area (Å²) in [4.78, 5) is 46.6. The summed E-state index contributed by atoms with van der Waals surface area (Å²) in [5.74, 6) is -0.945. The summed E-state index contributed by atoms with van der Waals surface area (Å²) in [5.41, 5.74) is 0.332. The number of carbonyl (C=O) groups excluding carboxylic acids is 3. The summed E-state index contributed by atoms with van der Waals surface area (Å²) >= 11 is 0. The number of hydrogen-bond donors (Lipinski definition) is 0. The quantitative estimate of drug-likeness (QED) is 0.348. The number of imide groups is 1. The Kier molecular flexibility index (Phi) is 5.28. The average molecular weight is 516 g/mol. The van der Waals surface area contributed by atoms with E-state index in [9.17, 15) is 27.6 Å². The van der Waals surface area contributed by atoms with Gasteiger partial charge in [-0.2, -0.15) is 13.2 Å². The van der Waals surface area contributed by atoms with Crippen molar-refractivity contribution in [2.45, 2.75) is 30.7 Å². The standard InChI is InChI=1S/C28H19F3N4O3/c1-32-22-12-11-19(13-21(22)28(29,30)31)35-26(37)24-23-14-20(34(24)27(35)38)15-33(23)25(36)18-9-7-17(8-10-18)16-5-3-2-4-6-16/h2-13,20,23-24H,14-15H2/t20?,23-,24-/m1/s1. The third-order valence-electron chi connectivity index (χ3n) is 7.43. The van der Waals surface area contributed by atoms with Gasteiger partial charge in [-0.1, -0.05) is 48.5 Å². The van der Waals surface area contributed by atoms with E-state index in [-0.39, 0.29) is 18.1 Å². The molecule has 0 N–H and O–H groups in total. The van der Waals surface area contributed by atoms with Crippen LogP contribution in [0.1, 0.15) is 22.3 Å². The van der Waals surface area contributed by atoms with Gasteiger partial charge < -0.3 is 9.80 Å². The van der Waals surface area contributed by atoms with E-state index in [4.69, 9.17) is 6.57 Å². The van der Waals surface area contributed by atoms with Gasteiger partial charge in [-0.15, -0.1) is 0 Å². The van der Waals surface area contributed by atoms with E-state index in [1.807, 2.05) is 42.5 Å². The minimum Gasteiger partial charge on any atom is -0.331 e. The number of benzene rings is 3. The number of hydrogen-bond acceptors (Lipinski definition) is 3. The average Bonchev–Trinajstić information content (AvgIpc) is 3.59. The van der Waals surface area contributed by atoms with Crippen LogP contribution in [-0.4, -0.2) is 52.3 Å². The molecular weight excluding hydrogens is 497 g/mol. The van der Waals surface area contributed by atoms with E-state index in [2.05, 4.69) is 4.85 Å². The van der Waals surface area contributed by atoms with E-state index in [1.54, 1.807) is 17.0 Å². The van der Waals surface area contributed by atoms with Gasteiger partial charge in [0.15, 0.2) is 5.69 Å². The molecule has 7 nitrogen and oxygen atoms in total. The molecule has 2 bridgehead atoms. The number of carbonyl (C=O) groups is 3. The molecule has 0 saturated carbocycles. The highest BCUT2D eigenvalue weighted by Crippen LogP contribution is 2.45. The molecule has 38 heavy (non-hydrogen) atoms. The van der Waals surface area contributed by atoms with Crippen LogP contribution in [0.15, 0.2) is 72.8 Å². The first kappa shape index (κ1) is 23.7. The molecule has 190 valence electrons. The Bertz CT molecular complexity index is 1520. The molecule has 0 spiro atoms. The van der Waals surface area contributed by atoms with Crippen molar-refractivity contribution in [2.24, 2.45) is 0 Å². The fourth-order valence-electron chi connectivity index (χ4n) is 5.72. The van der Waals surface area contributed by atoms with Crippen molar-refractivity contribution < 1.29 is 27.6 Å². The Morgan fingerprint density at radius 3 is 2.29 bits per heavy atom. The number of amides is 4. The summed E-state index contributed by atoms with van der Waals surface area (Å²) in [6.07, 6.45) is -4.40. The third-order valence-corrected chi connectivity index (χ3v) is 7.43. The van der Waals surface area contributed by atoms with E-state index < -0.39 is 47.5 Å². The molecule has 3 atom stereocenters. The predicted molar refractivity (Wildman–Crippen MR) is 131 cm³/mol. The topological polar surface area (TPSA) is 65.3 Å². The van der Waals surface area contributed by atoms with Crippen LogP contribution in [0.5, 0.6) is 0 Å². The number of urea groups is 1. The smallest absolute Gasteiger partial charge is 0.331 e. The van der Waals surface area contributed by atoms with E-state index in [1.165, 1.54) is 11.0 Å². The van der Waals surface area contributed by atoms with Crippen LogP contribution >= 0.6 is 0 Å². The van der Waals surface area contributed by atoms with Crippen LogP contribution in [0.25, 0.3) is 16.0 Å². The van der Waals surface area contributed by atoms with Crippen molar-refractivity contribution in [2.75, 3.05) is 11.4 Å². The highest BCUT2D eigenvalue weighted by Gasteiger charge is 2.63. The Morgan fingerprint density at radius 1 is 0.947 bits per heavy atom. The van der Waals surface area contributed by atoms with Crippen molar-refractivity contribution in [1.82, 2.24) is 9.80 Å². The lowest BCUT2D eigenvalue weighted by Crippen LogP contribution is -2.54. The molecule has 3 aliphatic rings. The molecule has 3 aromatic carbocycles. The van der Waals surface area contributed by atoms with Crippen LogP contribution in [0.3, 0.4) is 0 Å². The minimum absolute atomic E-state index is 0.234. The Labute approximate surface area is 215 Å². The second kappa shape index (κ2) is 8.45. The van der Waals surface area contributed by atoms with Crippen LogP contribution in [0.4, 0.5) is 29.3 Å².